The van der Waals surface area contributed by atoms with E-state index in [2.05, 4.69) is 34.5 Å². The summed E-state index contributed by atoms with van der Waals surface area (Å²) in [6, 6.07) is 16.3. The number of hydrogen-bond acceptors (Lipinski definition) is 3. The van der Waals surface area contributed by atoms with Gasteiger partial charge in [-0.15, -0.1) is 0 Å². The van der Waals surface area contributed by atoms with Gasteiger partial charge in [-0.3, -0.25) is 0 Å². The minimum atomic E-state index is 0.804. The number of methoxy groups -OCH3 is 1. The highest BCUT2D eigenvalue weighted by atomic mass is 16.5. The van der Waals surface area contributed by atoms with Crippen LogP contribution in [-0.2, 0) is 6.42 Å². The third-order valence-electron chi connectivity index (χ3n) is 3.17. The monoisotopic (exact) mass is 250 g/mol. The average Bonchev–Trinajstić information content (AvgIpc) is 2.48. The molecule has 0 unspecified atom stereocenters. The number of nitrogens with zero attached hydrogens (tertiary/aromatic N) is 2. The fourth-order valence-corrected chi connectivity index (χ4v) is 2.18. The number of rotatable bonds is 3. The van der Waals surface area contributed by atoms with Gasteiger partial charge in [0, 0.05) is 11.5 Å². The predicted molar refractivity (Wildman–Crippen MR) is 75.3 cm³/mol. The lowest BCUT2D eigenvalue weighted by atomic mass is 10.0. The Morgan fingerprint density at radius 3 is 2.68 bits per heavy atom. The Labute approximate surface area is 111 Å². The average molecular weight is 250 g/mol. The van der Waals surface area contributed by atoms with Crippen LogP contribution in [-0.4, -0.2) is 17.3 Å². The fraction of sp³-hybridized carbons (Fsp3) is 0.125. The van der Waals surface area contributed by atoms with Gasteiger partial charge in [0.05, 0.1) is 18.8 Å². The maximum atomic E-state index is 5.21. The van der Waals surface area contributed by atoms with Crippen molar-refractivity contribution in [3.8, 4) is 5.75 Å². The fourth-order valence-electron chi connectivity index (χ4n) is 2.18. The van der Waals surface area contributed by atoms with E-state index in [1.54, 1.807) is 7.11 Å². The Bertz CT molecular complexity index is 695. The van der Waals surface area contributed by atoms with Crippen LogP contribution in [0.2, 0.25) is 0 Å². The van der Waals surface area contributed by atoms with Gasteiger partial charge in [-0.2, -0.15) is 10.2 Å². The highest BCUT2D eigenvalue weighted by Crippen LogP contribution is 2.22. The molecule has 0 aliphatic carbocycles. The molecule has 0 atom stereocenters. The molecule has 0 spiro atoms. The molecule has 1 heterocycles. The standard InChI is InChI=1S/C16H14N2O/c1-19-14-7-8-15-13(11-17-18-16(15)10-14)9-12-5-3-2-4-6-12/h2-8,10-11H,9H2,1H3. The van der Waals surface area contributed by atoms with E-state index in [4.69, 9.17) is 4.74 Å². The van der Waals surface area contributed by atoms with Gasteiger partial charge in [0.15, 0.2) is 0 Å². The van der Waals surface area contributed by atoms with E-state index < -0.39 is 0 Å². The highest BCUT2D eigenvalue weighted by molar-refractivity contribution is 5.83. The van der Waals surface area contributed by atoms with Gasteiger partial charge in [-0.25, -0.2) is 0 Å². The number of aromatic nitrogens is 2. The van der Waals surface area contributed by atoms with E-state index in [9.17, 15) is 0 Å². The van der Waals surface area contributed by atoms with Crippen LogP contribution in [0, 0.1) is 0 Å². The van der Waals surface area contributed by atoms with Gasteiger partial charge in [0.25, 0.3) is 0 Å². The van der Waals surface area contributed by atoms with Gasteiger partial charge in [0.2, 0.25) is 0 Å². The summed E-state index contributed by atoms with van der Waals surface area (Å²) in [5, 5.41) is 9.37. The first kappa shape index (κ1) is 11.7. The van der Waals surface area contributed by atoms with Crippen molar-refractivity contribution in [1.82, 2.24) is 10.2 Å². The van der Waals surface area contributed by atoms with Crippen LogP contribution in [0.4, 0.5) is 0 Å². The van der Waals surface area contributed by atoms with Gasteiger partial charge in [-0.1, -0.05) is 30.3 Å². The van der Waals surface area contributed by atoms with Crippen LogP contribution >= 0.6 is 0 Å². The molecule has 19 heavy (non-hydrogen) atoms. The SMILES string of the molecule is COc1ccc2c(Cc3ccccc3)cnnc2c1. The lowest BCUT2D eigenvalue weighted by molar-refractivity contribution is 0.415. The van der Waals surface area contributed by atoms with E-state index in [1.807, 2.05) is 30.5 Å². The lowest BCUT2D eigenvalue weighted by Gasteiger charge is -2.06. The van der Waals surface area contributed by atoms with Crippen molar-refractivity contribution in [2.75, 3.05) is 7.11 Å². The summed E-state index contributed by atoms with van der Waals surface area (Å²) in [7, 11) is 1.66. The van der Waals surface area contributed by atoms with Crippen molar-refractivity contribution in [3.63, 3.8) is 0 Å². The van der Waals surface area contributed by atoms with E-state index in [0.717, 1.165) is 23.1 Å². The first-order chi connectivity index (χ1) is 9.36. The molecule has 0 amide bonds. The second-order valence-corrected chi connectivity index (χ2v) is 4.42. The topological polar surface area (TPSA) is 35.0 Å². The molecule has 0 aliphatic rings. The lowest BCUT2D eigenvalue weighted by Crippen LogP contribution is -1.94. The molecule has 0 radical (unpaired) electrons. The Kier molecular flexibility index (Phi) is 3.11. The Hall–Kier alpha value is -2.42. The number of ether oxygens (including phenoxy) is 1. The zero-order valence-electron chi connectivity index (χ0n) is 10.7. The van der Waals surface area contributed by atoms with Crippen LogP contribution in [0.5, 0.6) is 5.75 Å². The third kappa shape index (κ3) is 2.40. The molecule has 3 nitrogen and oxygen atoms in total. The first-order valence-electron chi connectivity index (χ1n) is 6.19. The van der Waals surface area contributed by atoms with E-state index >= 15 is 0 Å². The van der Waals surface area contributed by atoms with Crippen molar-refractivity contribution >= 4 is 10.9 Å². The van der Waals surface area contributed by atoms with Crippen LogP contribution in [0.1, 0.15) is 11.1 Å². The molecule has 1 aromatic heterocycles. The molecule has 0 saturated heterocycles. The molecule has 0 saturated carbocycles. The molecule has 0 fully saturated rings. The Balaban J connectivity index is 2.04. The molecule has 3 rings (SSSR count). The maximum Gasteiger partial charge on any atom is 0.121 e. The number of fused-ring (bicyclic) bond motifs is 1. The van der Waals surface area contributed by atoms with E-state index in [1.165, 1.54) is 11.1 Å². The predicted octanol–water partition coefficient (Wildman–Crippen LogP) is 3.23. The van der Waals surface area contributed by atoms with Crippen LogP contribution in [0.15, 0.2) is 54.7 Å². The minimum absolute atomic E-state index is 0.804. The largest absolute Gasteiger partial charge is 0.497 e. The normalized spacial score (nSPS) is 10.6. The summed E-state index contributed by atoms with van der Waals surface area (Å²) in [6.45, 7) is 0. The van der Waals surface area contributed by atoms with Crippen molar-refractivity contribution in [2.24, 2.45) is 0 Å². The van der Waals surface area contributed by atoms with Crippen LogP contribution in [0.3, 0.4) is 0 Å². The van der Waals surface area contributed by atoms with E-state index in [0.29, 0.717) is 0 Å². The van der Waals surface area contributed by atoms with Crippen molar-refractivity contribution in [2.45, 2.75) is 6.42 Å². The molecular weight excluding hydrogens is 236 g/mol. The zero-order chi connectivity index (χ0) is 13.1. The summed E-state index contributed by atoms with van der Waals surface area (Å²) in [5.41, 5.74) is 3.32. The molecule has 0 bridgehead atoms. The Morgan fingerprint density at radius 2 is 1.89 bits per heavy atom. The maximum absolute atomic E-state index is 5.21. The first-order valence-corrected chi connectivity index (χ1v) is 6.19. The van der Waals surface area contributed by atoms with Crippen LogP contribution < -0.4 is 4.74 Å². The number of benzene rings is 2. The van der Waals surface area contributed by atoms with Gasteiger partial charge >= 0.3 is 0 Å². The summed E-state index contributed by atoms with van der Waals surface area (Å²) in [5.74, 6) is 0.804. The molecule has 0 aliphatic heterocycles. The Morgan fingerprint density at radius 1 is 1.05 bits per heavy atom. The molecular formula is C16H14N2O. The van der Waals surface area contributed by atoms with Crippen molar-refractivity contribution in [1.29, 1.82) is 0 Å². The minimum Gasteiger partial charge on any atom is -0.497 e. The van der Waals surface area contributed by atoms with Crippen LogP contribution in [0.25, 0.3) is 10.9 Å². The summed E-state index contributed by atoms with van der Waals surface area (Å²) < 4.78 is 5.21. The highest BCUT2D eigenvalue weighted by Gasteiger charge is 2.05. The molecule has 94 valence electrons. The molecule has 3 heteroatoms. The summed E-state index contributed by atoms with van der Waals surface area (Å²) >= 11 is 0. The second-order valence-electron chi connectivity index (χ2n) is 4.42. The third-order valence-corrected chi connectivity index (χ3v) is 3.17. The van der Waals surface area contributed by atoms with E-state index in [-0.39, 0.29) is 0 Å². The van der Waals surface area contributed by atoms with Crippen molar-refractivity contribution in [3.05, 3.63) is 65.9 Å². The summed E-state index contributed by atoms with van der Waals surface area (Å²) in [6.07, 6.45) is 2.70. The molecule has 0 N–H and O–H groups in total. The van der Waals surface area contributed by atoms with Gasteiger partial charge < -0.3 is 4.74 Å². The second kappa shape index (κ2) is 5.06. The molecule has 3 aromatic rings. The zero-order valence-corrected chi connectivity index (χ0v) is 10.7. The smallest absolute Gasteiger partial charge is 0.121 e. The molecule has 2 aromatic carbocycles. The summed E-state index contributed by atoms with van der Waals surface area (Å²) in [4.78, 5) is 0. The quantitative estimate of drug-likeness (QED) is 0.715. The number of hydrogen-bond donors (Lipinski definition) is 0. The van der Waals surface area contributed by atoms with Crippen molar-refractivity contribution < 1.29 is 4.74 Å². The van der Waals surface area contributed by atoms with Gasteiger partial charge in [-0.05, 0) is 29.7 Å². The van der Waals surface area contributed by atoms with Gasteiger partial charge in [0.1, 0.15) is 5.75 Å².